The van der Waals surface area contributed by atoms with Gasteiger partial charge in [0.2, 0.25) is 0 Å². The van der Waals surface area contributed by atoms with E-state index < -0.39 is 41.1 Å². The second-order valence-corrected chi connectivity index (χ2v) is 8.15. The fraction of sp³-hybridized carbons (Fsp3) is 0.273. The molecule has 2 unspecified atom stereocenters. The number of rotatable bonds is 6. The molecule has 190 valence electrons. The Bertz CT molecular complexity index is 1380. The van der Waals surface area contributed by atoms with E-state index >= 15 is 0 Å². The van der Waals surface area contributed by atoms with Gasteiger partial charge in [0.15, 0.2) is 17.7 Å². The number of hydrogen-bond donors (Lipinski definition) is 4. The summed E-state index contributed by atoms with van der Waals surface area (Å²) in [5.74, 6) is -3.09. The normalized spacial score (nSPS) is 20.2. The van der Waals surface area contributed by atoms with Crippen molar-refractivity contribution in [2.24, 2.45) is 0 Å². The number of alkyl halides is 4. The summed E-state index contributed by atoms with van der Waals surface area (Å²) in [4.78, 5) is 20.5. The van der Waals surface area contributed by atoms with Gasteiger partial charge in [0.1, 0.15) is 34.6 Å². The lowest BCUT2D eigenvalue weighted by molar-refractivity contribution is -0.140. The van der Waals surface area contributed by atoms with E-state index in [1.54, 1.807) is 0 Å². The molecule has 4 rings (SSSR count). The van der Waals surface area contributed by atoms with E-state index in [9.17, 15) is 36.2 Å². The summed E-state index contributed by atoms with van der Waals surface area (Å²) in [6.45, 7) is 0.592. The number of benzene rings is 1. The zero-order valence-electron chi connectivity index (χ0n) is 18.4. The van der Waals surface area contributed by atoms with E-state index in [4.69, 9.17) is 0 Å². The van der Waals surface area contributed by atoms with E-state index in [0.29, 0.717) is 12.1 Å². The van der Waals surface area contributed by atoms with Gasteiger partial charge in [-0.1, -0.05) is 6.07 Å². The Hall–Kier alpha value is -3.94. The van der Waals surface area contributed by atoms with Crippen LogP contribution in [-0.2, 0) is 12.7 Å². The Kier molecular flexibility index (Phi) is 6.47. The number of nitrogens with zero attached hydrogens (tertiary/aromatic N) is 3. The summed E-state index contributed by atoms with van der Waals surface area (Å²) in [6.07, 6.45) is -3.74. The van der Waals surface area contributed by atoms with E-state index in [-0.39, 0.29) is 46.8 Å². The largest absolute Gasteiger partial charge is 0.419 e. The first kappa shape index (κ1) is 25.2. The van der Waals surface area contributed by atoms with Crippen LogP contribution in [0.1, 0.15) is 28.5 Å². The van der Waals surface area contributed by atoms with Crippen LogP contribution in [0.2, 0.25) is 0 Å². The second kappa shape index (κ2) is 9.26. The number of hydrogen-bond acceptors (Lipinski definition) is 6. The molecular formula is C22H18F6N6O2. The molecule has 3 aromatic rings. The first-order valence-corrected chi connectivity index (χ1v) is 10.4. The minimum absolute atomic E-state index is 0.0144. The summed E-state index contributed by atoms with van der Waals surface area (Å²) in [5.41, 5.74) is -3.39. The summed E-state index contributed by atoms with van der Waals surface area (Å²) in [5, 5.41) is 21.5. The molecule has 8 nitrogen and oxygen atoms in total. The van der Waals surface area contributed by atoms with Crippen LogP contribution in [0.3, 0.4) is 0 Å². The van der Waals surface area contributed by atoms with Gasteiger partial charge >= 0.3 is 6.18 Å². The predicted octanol–water partition coefficient (Wildman–Crippen LogP) is 3.74. The molecule has 0 spiro atoms. The molecule has 1 aromatic carbocycles. The molecule has 0 fully saturated rings. The SMILES string of the molecule is CC1(O)C(F)=CC(CNc2n[nH]c3c(C(=O)NCc4ccc(F)c(C(F)(F)F)c4)ncnc23)=CC1F. The van der Waals surface area contributed by atoms with Crippen molar-refractivity contribution in [3.05, 3.63) is 70.7 Å². The third-order valence-electron chi connectivity index (χ3n) is 5.51. The molecule has 0 radical (unpaired) electrons. The summed E-state index contributed by atoms with van der Waals surface area (Å²) < 4.78 is 80.2. The minimum atomic E-state index is -4.89. The Balaban J connectivity index is 1.48. The average molecular weight is 512 g/mol. The van der Waals surface area contributed by atoms with Gasteiger partial charge in [0, 0.05) is 13.1 Å². The van der Waals surface area contributed by atoms with Gasteiger partial charge in [-0.15, -0.1) is 0 Å². The van der Waals surface area contributed by atoms with E-state index in [2.05, 4.69) is 30.8 Å². The molecule has 14 heteroatoms. The number of carbonyl (C=O) groups is 1. The molecule has 2 heterocycles. The van der Waals surface area contributed by atoms with Crippen LogP contribution in [-0.4, -0.2) is 49.5 Å². The van der Waals surface area contributed by atoms with Crippen LogP contribution in [0.15, 0.2) is 48.1 Å². The molecule has 0 aliphatic heterocycles. The zero-order valence-corrected chi connectivity index (χ0v) is 18.4. The van der Waals surface area contributed by atoms with E-state index in [1.807, 2.05) is 0 Å². The van der Waals surface area contributed by atoms with E-state index in [1.165, 1.54) is 0 Å². The molecule has 1 aliphatic rings. The highest BCUT2D eigenvalue weighted by atomic mass is 19.4. The van der Waals surface area contributed by atoms with Gasteiger partial charge in [0.25, 0.3) is 5.91 Å². The van der Waals surface area contributed by atoms with Crippen molar-refractivity contribution in [3.63, 3.8) is 0 Å². The van der Waals surface area contributed by atoms with Gasteiger partial charge in [-0.3, -0.25) is 9.89 Å². The van der Waals surface area contributed by atoms with Crippen LogP contribution in [0.5, 0.6) is 0 Å². The topological polar surface area (TPSA) is 116 Å². The second-order valence-electron chi connectivity index (χ2n) is 8.15. The van der Waals surface area contributed by atoms with Gasteiger partial charge in [0.05, 0.1) is 5.56 Å². The third kappa shape index (κ3) is 4.89. The number of halogens is 6. The quantitative estimate of drug-likeness (QED) is 0.374. The third-order valence-corrected chi connectivity index (χ3v) is 5.51. The number of aliphatic hydroxyl groups is 1. The van der Waals surface area contributed by atoms with Crippen molar-refractivity contribution in [2.45, 2.75) is 31.4 Å². The fourth-order valence-electron chi connectivity index (χ4n) is 3.43. The van der Waals surface area contributed by atoms with Gasteiger partial charge in [-0.25, -0.2) is 23.1 Å². The van der Waals surface area contributed by atoms with Crippen molar-refractivity contribution in [1.29, 1.82) is 0 Å². The maximum atomic E-state index is 14.0. The van der Waals surface area contributed by atoms with Crippen LogP contribution >= 0.6 is 0 Å². The number of anilines is 1. The summed E-state index contributed by atoms with van der Waals surface area (Å²) >= 11 is 0. The fourth-order valence-corrected chi connectivity index (χ4v) is 3.43. The highest BCUT2D eigenvalue weighted by Crippen LogP contribution is 2.33. The molecule has 2 atom stereocenters. The maximum Gasteiger partial charge on any atom is 0.419 e. The van der Waals surface area contributed by atoms with Crippen molar-refractivity contribution in [3.8, 4) is 0 Å². The Morgan fingerprint density at radius 3 is 2.67 bits per heavy atom. The van der Waals surface area contributed by atoms with Crippen LogP contribution in [0.4, 0.5) is 32.2 Å². The standard InChI is InChI=1S/C22H18F6N6O2/c1-21(36)14(24)5-11(6-15(21)25)8-29-19-17-16(33-34-19)18(32-9-31-17)20(35)30-7-10-2-3-13(23)12(4-10)22(26,27)28/h2-6,9,14,36H,7-8H2,1H3,(H,30,35)(H2,29,33,34). The average Bonchev–Trinajstić information content (AvgIpc) is 3.23. The number of fused-ring (bicyclic) bond motifs is 1. The predicted molar refractivity (Wildman–Crippen MR) is 116 cm³/mol. The van der Waals surface area contributed by atoms with Crippen LogP contribution in [0.25, 0.3) is 11.0 Å². The number of aromatic nitrogens is 4. The number of H-pyrrole nitrogens is 1. The van der Waals surface area contributed by atoms with Crippen molar-refractivity contribution in [1.82, 2.24) is 25.5 Å². The molecule has 1 amide bonds. The molecular weight excluding hydrogens is 494 g/mol. The first-order valence-electron chi connectivity index (χ1n) is 10.4. The number of carbonyl (C=O) groups excluding carboxylic acids is 1. The van der Waals surface area contributed by atoms with Crippen LogP contribution < -0.4 is 10.6 Å². The Morgan fingerprint density at radius 1 is 1.22 bits per heavy atom. The Labute approximate surface area is 199 Å². The summed E-state index contributed by atoms with van der Waals surface area (Å²) in [6, 6.07) is 2.37. The molecule has 0 bridgehead atoms. The molecule has 0 saturated heterocycles. The number of amides is 1. The molecule has 0 saturated carbocycles. The highest BCUT2D eigenvalue weighted by molar-refractivity contribution is 6.04. The lowest BCUT2D eigenvalue weighted by Crippen LogP contribution is -2.38. The highest BCUT2D eigenvalue weighted by Gasteiger charge is 2.38. The van der Waals surface area contributed by atoms with Crippen molar-refractivity contribution < 1.29 is 36.2 Å². The van der Waals surface area contributed by atoms with Gasteiger partial charge in [-0.2, -0.15) is 18.3 Å². The monoisotopic (exact) mass is 512 g/mol. The maximum absolute atomic E-state index is 14.0. The molecule has 4 N–H and O–H groups in total. The van der Waals surface area contributed by atoms with Gasteiger partial charge in [-0.05, 0) is 42.3 Å². The van der Waals surface area contributed by atoms with Crippen molar-refractivity contribution in [2.75, 3.05) is 11.9 Å². The molecule has 1 aliphatic carbocycles. The number of nitrogens with one attached hydrogen (secondary N) is 3. The van der Waals surface area contributed by atoms with Crippen molar-refractivity contribution >= 4 is 22.8 Å². The zero-order chi connectivity index (χ0) is 26.3. The molecule has 2 aromatic heterocycles. The van der Waals surface area contributed by atoms with Crippen LogP contribution in [0, 0.1) is 5.82 Å². The molecule has 36 heavy (non-hydrogen) atoms. The van der Waals surface area contributed by atoms with E-state index in [0.717, 1.165) is 31.5 Å². The minimum Gasteiger partial charge on any atom is -0.380 e. The summed E-state index contributed by atoms with van der Waals surface area (Å²) in [7, 11) is 0. The number of aromatic amines is 1. The lowest BCUT2D eigenvalue weighted by Gasteiger charge is -2.27. The lowest BCUT2D eigenvalue weighted by atomic mass is 9.91. The first-order chi connectivity index (χ1) is 16.9. The smallest absolute Gasteiger partial charge is 0.380 e. The Morgan fingerprint density at radius 2 is 1.97 bits per heavy atom. The van der Waals surface area contributed by atoms with Gasteiger partial charge < -0.3 is 15.7 Å².